The predicted molar refractivity (Wildman–Crippen MR) is 148 cm³/mol. The standard InChI is InChI=1S/C32H40O11/c1-8-15(2)25(36)43-28-29(3,4)19(13-20(33)40-7)31(6)23-16(14-32(28,39)27(31)38)9-10-30(5)18(23)12-22(35)41-24(30)17-11-21(34)42-26(17)37/h8,11,14,18-19,21,23-24,28,34,39H,9-10,12-13H2,1-7H3/b15-8+/t18-,19+,21+,23?,24-,28-,30+,31+,32-/m0/s1. The van der Waals surface area contributed by atoms with Crippen LogP contribution in [-0.2, 0) is 42.9 Å². The highest BCUT2D eigenvalue weighted by atomic mass is 16.6. The van der Waals surface area contributed by atoms with Crippen LogP contribution >= 0.6 is 0 Å². The first-order valence-corrected chi connectivity index (χ1v) is 14.7. The van der Waals surface area contributed by atoms with Crippen LogP contribution in [0, 0.1) is 34.0 Å². The summed E-state index contributed by atoms with van der Waals surface area (Å²) in [6.07, 6.45) is 1.04. The summed E-state index contributed by atoms with van der Waals surface area (Å²) < 4.78 is 21.6. The van der Waals surface area contributed by atoms with Gasteiger partial charge in [0.05, 0.1) is 12.7 Å². The first-order valence-electron chi connectivity index (χ1n) is 14.7. The van der Waals surface area contributed by atoms with Gasteiger partial charge in [0.25, 0.3) is 0 Å². The topological polar surface area (TPSA) is 163 Å². The van der Waals surface area contributed by atoms with Gasteiger partial charge in [0, 0.05) is 34.7 Å². The summed E-state index contributed by atoms with van der Waals surface area (Å²) in [7, 11) is 1.25. The Bertz CT molecular complexity index is 1390. The molecule has 5 aliphatic rings. The number of methoxy groups -OCH3 is 1. The number of ketones is 1. The molecule has 11 heteroatoms. The third-order valence-electron chi connectivity index (χ3n) is 11.1. The van der Waals surface area contributed by atoms with E-state index in [4.69, 9.17) is 18.9 Å². The van der Waals surface area contributed by atoms with E-state index in [9.17, 15) is 34.2 Å². The monoisotopic (exact) mass is 600 g/mol. The Morgan fingerprint density at radius 2 is 1.81 bits per heavy atom. The third kappa shape index (κ3) is 4.33. The van der Waals surface area contributed by atoms with Crippen molar-refractivity contribution in [3.63, 3.8) is 0 Å². The van der Waals surface area contributed by atoms with Crippen molar-refractivity contribution in [3.05, 3.63) is 34.9 Å². The van der Waals surface area contributed by atoms with E-state index in [0.717, 1.165) is 5.57 Å². The number of cyclic esters (lactones) is 2. The second-order valence-electron chi connectivity index (χ2n) is 13.6. The van der Waals surface area contributed by atoms with Crippen LogP contribution in [-0.4, -0.2) is 71.1 Å². The number of aliphatic hydroxyl groups excluding tert-OH is 1. The SMILES string of the molecule is C/C=C(\C)C(=O)O[C@H]1C(C)(C)[C@@H](CC(=O)OC)[C@@]2(C)C(=O)[C@@]1(O)C=C1CC[C@@]3(C)[C@H](C4=C[C@H](O)OC4=O)OC(=O)C[C@H]3C12. The Kier molecular flexibility index (Phi) is 7.33. The Morgan fingerprint density at radius 1 is 1.14 bits per heavy atom. The maximum absolute atomic E-state index is 14.7. The molecule has 2 N–H and O–H groups in total. The molecule has 2 aliphatic heterocycles. The fourth-order valence-corrected chi connectivity index (χ4v) is 8.87. The number of carbonyl (C=O) groups excluding carboxylic acids is 5. The van der Waals surface area contributed by atoms with Crippen LogP contribution in [0.25, 0.3) is 0 Å². The van der Waals surface area contributed by atoms with Crippen molar-refractivity contribution in [2.75, 3.05) is 7.11 Å². The van der Waals surface area contributed by atoms with Crippen LogP contribution in [0.5, 0.6) is 0 Å². The zero-order valence-corrected chi connectivity index (χ0v) is 25.6. The fraction of sp³-hybridized carbons (Fsp3) is 0.656. The molecular formula is C32H40O11. The first kappa shape index (κ1) is 31.1. The van der Waals surface area contributed by atoms with Gasteiger partial charge in [-0.05, 0) is 56.6 Å². The molecule has 1 saturated heterocycles. The van der Waals surface area contributed by atoms with Crippen molar-refractivity contribution in [2.45, 2.75) is 91.3 Å². The van der Waals surface area contributed by atoms with Gasteiger partial charge < -0.3 is 29.2 Å². The van der Waals surface area contributed by atoms with Gasteiger partial charge in [-0.2, -0.15) is 0 Å². The van der Waals surface area contributed by atoms with Gasteiger partial charge in [-0.3, -0.25) is 14.4 Å². The summed E-state index contributed by atoms with van der Waals surface area (Å²) in [4.78, 5) is 66.5. The molecule has 43 heavy (non-hydrogen) atoms. The van der Waals surface area contributed by atoms with Gasteiger partial charge in [0.15, 0.2) is 11.4 Å². The van der Waals surface area contributed by atoms with E-state index in [1.165, 1.54) is 19.3 Å². The van der Waals surface area contributed by atoms with Gasteiger partial charge in [-0.1, -0.05) is 39.3 Å². The van der Waals surface area contributed by atoms with Crippen molar-refractivity contribution in [1.82, 2.24) is 0 Å². The molecule has 1 unspecified atom stereocenters. The van der Waals surface area contributed by atoms with Crippen LogP contribution in [0.1, 0.15) is 67.2 Å². The summed E-state index contributed by atoms with van der Waals surface area (Å²) in [5, 5.41) is 22.2. The number of esters is 4. The Morgan fingerprint density at radius 3 is 2.40 bits per heavy atom. The van der Waals surface area contributed by atoms with E-state index in [0.29, 0.717) is 18.4 Å². The number of fused-ring (bicyclic) bond motifs is 6. The summed E-state index contributed by atoms with van der Waals surface area (Å²) in [6.45, 7) is 10.4. The highest BCUT2D eigenvalue weighted by Crippen LogP contribution is 2.69. The van der Waals surface area contributed by atoms with Crippen LogP contribution in [0.15, 0.2) is 34.9 Å². The van der Waals surface area contributed by atoms with E-state index < -0.39 is 87.8 Å². The molecule has 0 spiro atoms. The Labute approximate surface area is 250 Å². The van der Waals surface area contributed by atoms with Crippen molar-refractivity contribution < 1.29 is 53.1 Å². The lowest BCUT2D eigenvalue weighted by Gasteiger charge is -2.66. The van der Waals surface area contributed by atoms with E-state index in [1.807, 2.05) is 6.92 Å². The molecule has 9 atom stereocenters. The zero-order chi connectivity index (χ0) is 31.9. The van der Waals surface area contributed by atoms with Gasteiger partial charge in [-0.15, -0.1) is 0 Å². The molecule has 5 rings (SSSR count). The average molecular weight is 601 g/mol. The van der Waals surface area contributed by atoms with E-state index in [2.05, 4.69) is 0 Å². The number of carbonyl (C=O) groups is 5. The number of aliphatic hydroxyl groups is 2. The summed E-state index contributed by atoms with van der Waals surface area (Å²) in [5.41, 5.74) is -4.50. The third-order valence-corrected chi connectivity index (χ3v) is 11.1. The van der Waals surface area contributed by atoms with Crippen molar-refractivity contribution in [1.29, 1.82) is 0 Å². The van der Waals surface area contributed by atoms with E-state index in [1.54, 1.807) is 40.7 Å². The van der Waals surface area contributed by atoms with E-state index in [-0.39, 0.29) is 18.4 Å². The van der Waals surface area contributed by atoms with Gasteiger partial charge >= 0.3 is 23.9 Å². The number of hydrogen-bond donors (Lipinski definition) is 2. The summed E-state index contributed by atoms with van der Waals surface area (Å²) in [6, 6.07) is 0. The molecule has 0 radical (unpaired) electrons. The second kappa shape index (κ2) is 10.1. The minimum absolute atomic E-state index is 0.0469. The molecule has 0 aromatic rings. The van der Waals surface area contributed by atoms with Gasteiger partial charge in [0.1, 0.15) is 12.2 Å². The largest absolute Gasteiger partial charge is 0.469 e. The van der Waals surface area contributed by atoms with Crippen molar-refractivity contribution >= 4 is 29.7 Å². The number of hydrogen-bond acceptors (Lipinski definition) is 11. The lowest BCUT2D eigenvalue weighted by atomic mass is 9.38. The van der Waals surface area contributed by atoms with Crippen LogP contribution in [0.4, 0.5) is 0 Å². The van der Waals surface area contributed by atoms with Gasteiger partial charge in [0.2, 0.25) is 6.29 Å². The minimum Gasteiger partial charge on any atom is -0.469 e. The second-order valence-corrected chi connectivity index (χ2v) is 13.6. The molecule has 234 valence electrons. The molecule has 2 heterocycles. The molecule has 2 saturated carbocycles. The maximum Gasteiger partial charge on any atom is 0.340 e. The molecule has 3 aliphatic carbocycles. The number of ether oxygens (including phenoxy) is 4. The lowest BCUT2D eigenvalue weighted by Crippen LogP contribution is -2.75. The average Bonchev–Trinajstić information content (AvgIpc) is 3.28. The predicted octanol–water partition coefficient (Wildman–Crippen LogP) is 2.48. The molecule has 0 amide bonds. The molecule has 2 bridgehead atoms. The quantitative estimate of drug-likeness (QED) is 0.206. The fourth-order valence-electron chi connectivity index (χ4n) is 8.87. The van der Waals surface area contributed by atoms with Crippen LogP contribution < -0.4 is 0 Å². The molecule has 0 aromatic heterocycles. The van der Waals surface area contributed by atoms with E-state index >= 15 is 0 Å². The van der Waals surface area contributed by atoms with Crippen LogP contribution in [0.3, 0.4) is 0 Å². The number of rotatable bonds is 5. The first-order chi connectivity index (χ1) is 20.0. The highest BCUT2D eigenvalue weighted by molar-refractivity contribution is 6.00. The minimum atomic E-state index is -2.19. The maximum atomic E-state index is 14.7. The molecular weight excluding hydrogens is 560 g/mol. The summed E-state index contributed by atoms with van der Waals surface area (Å²) in [5.74, 6) is -5.16. The van der Waals surface area contributed by atoms with Crippen LogP contribution in [0.2, 0.25) is 0 Å². The highest BCUT2D eigenvalue weighted by Gasteiger charge is 2.75. The Balaban J connectivity index is 1.70. The Hall–Kier alpha value is -3.31. The summed E-state index contributed by atoms with van der Waals surface area (Å²) >= 11 is 0. The van der Waals surface area contributed by atoms with Crippen molar-refractivity contribution in [3.8, 4) is 0 Å². The normalized spacial score (nSPS) is 41.6. The number of allylic oxidation sites excluding steroid dienone is 2. The molecule has 3 fully saturated rings. The zero-order valence-electron chi connectivity index (χ0n) is 25.6. The smallest absolute Gasteiger partial charge is 0.340 e. The van der Waals surface area contributed by atoms with Gasteiger partial charge in [-0.25, -0.2) is 9.59 Å². The lowest BCUT2D eigenvalue weighted by molar-refractivity contribution is -0.230. The number of Topliss-reactive ketones (excluding diaryl/α,β-unsaturated/α-hetero) is 1. The van der Waals surface area contributed by atoms with Crippen molar-refractivity contribution in [2.24, 2.45) is 34.0 Å². The molecule has 0 aromatic carbocycles. The molecule has 11 nitrogen and oxygen atoms in total.